The van der Waals surface area contributed by atoms with Crippen LogP contribution in [0, 0.1) is 0 Å². The lowest BCUT2D eigenvalue weighted by atomic mass is 10.0. The van der Waals surface area contributed by atoms with Crippen LogP contribution in [0.1, 0.15) is 135 Å². The smallest absolute Gasteiger partial charge is 0.234 e. The highest BCUT2D eigenvalue weighted by Gasteiger charge is 2.18. The maximum Gasteiger partial charge on any atom is 0.261 e. The van der Waals surface area contributed by atoms with E-state index >= 15 is 0 Å². The van der Waals surface area contributed by atoms with Gasteiger partial charge in [-0.25, -0.2) is 4.57 Å². The molecule has 0 atom stereocenters. The minimum absolute atomic E-state index is 1.15. The van der Waals surface area contributed by atoms with Crippen molar-refractivity contribution >= 4 is 0 Å². The van der Waals surface area contributed by atoms with E-state index in [0.717, 1.165) is 6.54 Å². The van der Waals surface area contributed by atoms with Gasteiger partial charge < -0.3 is 0 Å². The summed E-state index contributed by atoms with van der Waals surface area (Å²) in [7, 11) is 0. The van der Waals surface area contributed by atoms with Crippen molar-refractivity contribution in [3.63, 3.8) is 0 Å². The molecule has 0 fully saturated rings. The summed E-state index contributed by atoms with van der Waals surface area (Å²) < 4.78 is 4.92. The van der Waals surface area contributed by atoms with E-state index in [1.807, 2.05) is 0 Å². The Morgan fingerprint density at radius 2 is 1.06 bits per heavy atom. The van der Waals surface area contributed by atoms with E-state index in [-0.39, 0.29) is 0 Å². The van der Waals surface area contributed by atoms with Gasteiger partial charge in [-0.05, 0) is 31.4 Å². The Bertz CT molecular complexity index is 688. The van der Waals surface area contributed by atoms with E-state index in [2.05, 4.69) is 65.7 Å². The van der Waals surface area contributed by atoms with Gasteiger partial charge in [0.15, 0.2) is 0 Å². The second kappa shape index (κ2) is 18.8. The zero-order valence-electron chi connectivity index (χ0n) is 22.1. The van der Waals surface area contributed by atoms with E-state index in [0.29, 0.717) is 0 Å². The maximum atomic E-state index is 2.51. The Hall–Kier alpha value is -1.57. The van der Waals surface area contributed by atoms with Gasteiger partial charge in [0.25, 0.3) is 5.82 Å². The monoisotopic (exact) mass is 453 g/mol. The first-order valence-corrected chi connectivity index (χ1v) is 14.5. The van der Waals surface area contributed by atoms with Gasteiger partial charge in [0.2, 0.25) is 0 Å². The largest absolute Gasteiger partial charge is 0.261 e. The molecular weight excluding hydrogens is 400 g/mol. The highest BCUT2D eigenvalue weighted by molar-refractivity contribution is 5.31. The van der Waals surface area contributed by atoms with Crippen LogP contribution in [-0.4, -0.2) is 4.57 Å². The number of aryl methyl sites for hydroxylation is 1. The minimum Gasteiger partial charge on any atom is -0.234 e. The first kappa shape index (κ1) is 27.7. The topological polar surface area (TPSA) is 8.81 Å². The highest BCUT2D eigenvalue weighted by Crippen LogP contribution is 2.15. The van der Waals surface area contributed by atoms with Crippen LogP contribution in [0.4, 0.5) is 0 Å². The number of aromatic nitrogens is 2. The Kier molecular flexibility index (Phi) is 15.8. The van der Waals surface area contributed by atoms with Gasteiger partial charge in [-0.1, -0.05) is 128 Å². The van der Waals surface area contributed by atoms with E-state index in [1.165, 1.54) is 134 Å². The molecule has 2 heteroatoms. The molecule has 33 heavy (non-hydrogen) atoms. The average Bonchev–Trinajstić information content (AvgIpc) is 3.25. The average molecular weight is 454 g/mol. The van der Waals surface area contributed by atoms with Crippen LogP contribution in [0.15, 0.2) is 42.7 Å². The number of para-hydroxylation sites is 1. The molecule has 0 spiro atoms. The van der Waals surface area contributed by atoms with Crippen LogP contribution in [0.25, 0.3) is 5.69 Å². The summed E-state index contributed by atoms with van der Waals surface area (Å²) in [4.78, 5) is 0. The molecule has 0 N–H and O–H groups in total. The van der Waals surface area contributed by atoms with Gasteiger partial charge in [0.05, 0.1) is 6.54 Å². The molecule has 1 aromatic heterocycles. The molecule has 0 saturated carbocycles. The van der Waals surface area contributed by atoms with Crippen molar-refractivity contribution in [2.45, 2.75) is 142 Å². The molecule has 0 aliphatic carbocycles. The van der Waals surface area contributed by atoms with Gasteiger partial charge in [0.1, 0.15) is 18.1 Å². The van der Waals surface area contributed by atoms with Gasteiger partial charge in [0, 0.05) is 6.42 Å². The standard InChI is InChI=1S/C31H53N2/c1-3-5-7-8-9-10-11-12-13-14-15-16-17-18-22-26-31-32(27-23-6-4-2)28-29-33(31)30-24-20-19-21-25-30/h19-21,24-25,28-29H,3-18,22-23,26-27H2,1-2H3/q+1. The highest BCUT2D eigenvalue weighted by atomic mass is 15.1. The molecule has 0 saturated heterocycles. The predicted molar refractivity (Wildman–Crippen MR) is 144 cm³/mol. The van der Waals surface area contributed by atoms with Gasteiger partial charge >= 0.3 is 0 Å². The van der Waals surface area contributed by atoms with Crippen LogP contribution >= 0.6 is 0 Å². The molecular formula is C31H53N2+. The number of imidazole rings is 1. The number of nitrogens with zero attached hydrogens (tertiary/aromatic N) is 2. The van der Waals surface area contributed by atoms with Crippen molar-refractivity contribution in [1.29, 1.82) is 0 Å². The number of hydrogen-bond donors (Lipinski definition) is 0. The lowest BCUT2D eigenvalue weighted by Crippen LogP contribution is -2.37. The number of unbranched alkanes of at least 4 members (excludes halogenated alkanes) is 16. The van der Waals surface area contributed by atoms with Crippen molar-refractivity contribution in [2.75, 3.05) is 0 Å². The Morgan fingerprint density at radius 1 is 0.576 bits per heavy atom. The van der Waals surface area contributed by atoms with E-state index in [9.17, 15) is 0 Å². The fourth-order valence-electron chi connectivity index (χ4n) is 4.94. The molecule has 0 aliphatic rings. The summed E-state index contributed by atoms with van der Waals surface area (Å²) in [6, 6.07) is 10.9. The molecule has 186 valence electrons. The van der Waals surface area contributed by atoms with Crippen molar-refractivity contribution in [2.24, 2.45) is 0 Å². The molecule has 2 nitrogen and oxygen atoms in total. The maximum absolute atomic E-state index is 2.51. The van der Waals surface area contributed by atoms with Gasteiger partial charge in [-0.3, -0.25) is 0 Å². The van der Waals surface area contributed by atoms with E-state index < -0.39 is 0 Å². The van der Waals surface area contributed by atoms with E-state index in [4.69, 9.17) is 0 Å². The molecule has 0 bridgehead atoms. The third-order valence-corrected chi connectivity index (χ3v) is 7.05. The molecule has 2 aromatic rings. The molecule has 1 heterocycles. The molecule has 0 amide bonds. The fraction of sp³-hybridized carbons (Fsp3) is 0.710. The minimum atomic E-state index is 1.15. The predicted octanol–water partition coefficient (Wildman–Crippen LogP) is 9.37. The van der Waals surface area contributed by atoms with Gasteiger partial charge in [-0.2, -0.15) is 4.57 Å². The van der Waals surface area contributed by atoms with Crippen LogP contribution in [0.3, 0.4) is 0 Å². The van der Waals surface area contributed by atoms with Crippen molar-refractivity contribution in [1.82, 2.24) is 4.57 Å². The SMILES string of the molecule is CCCCCCCCCCCCCCCCCc1n(-c2ccccc2)cc[n+]1CCCCC. The van der Waals surface area contributed by atoms with Crippen LogP contribution < -0.4 is 4.57 Å². The Labute approximate surface area is 205 Å². The summed E-state index contributed by atoms with van der Waals surface area (Å²) in [6.45, 7) is 5.74. The third kappa shape index (κ3) is 11.9. The summed E-state index contributed by atoms with van der Waals surface area (Å²) in [6.07, 6.45) is 31.0. The second-order valence-corrected chi connectivity index (χ2v) is 10.0. The zero-order chi connectivity index (χ0) is 23.4. The molecule has 0 radical (unpaired) electrons. The number of hydrogen-bond acceptors (Lipinski definition) is 0. The van der Waals surface area contributed by atoms with Crippen LogP contribution in [-0.2, 0) is 13.0 Å². The lowest BCUT2D eigenvalue weighted by molar-refractivity contribution is -0.704. The summed E-state index contributed by atoms with van der Waals surface area (Å²) in [5, 5.41) is 0. The summed E-state index contributed by atoms with van der Waals surface area (Å²) in [5.41, 5.74) is 1.29. The normalized spacial score (nSPS) is 11.3. The fourth-order valence-corrected chi connectivity index (χ4v) is 4.94. The third-order valence-electron chi connectivity index (χ3n) is 7.05. The molecule has 1 aromatic carbocycles. The lowest BCUT2D eigenvalue weighted by Gasteiger charge is -2.06. The molecule has 0 aliphatic heterocycles. The van der Waals surface area contributed by atoms with Crippen molar-refractivity contribution in [3.05, 3.63) is 48.5 Å². The van der Waals surface area contributed by atoms with Crippen LogP contribution in [0.2, 0.25) is 0 Å². The Morgan fingerprint density at radius 3 is 1.61 bits per heavy atom. The quantitative estimate of drug-likeness (QED) is 0.131. The van der Waals surface area contributed by atoms with Gasteiger partial charge in [-0.15, -0.1) is 0 Å². The Balaban J connectivity index is 1.58. The molecule has 0 unspecified atom stereocenters. The summed E-state index contributed by atoms with van der Waals surface area (Å²) in [5.74, 6) is 1.48. The summed E-state index contributed by atoms with van der Waals surface area (Å²) >= 11 is 0. The second-order valence-electron chi connectivity index (χ2n) is 10.0. The van der Waals surface area contributed by atoms with E-state index in [1.54, 1.807) is 0 Å². The zero-order valence-corrected chi connectivity index (χ0v) is 22.1. The first-order chi connectivity index (χ1) is 16.4. The number of benzene rings is 1. The van der Waals surface area contributed by atoms with Crippen molar-refractivity contribution < 1.29 is 4.57 Å². The van der Waals surface area contributed by atoms with Crippen molar-refractivity contribution in [3.8, 4) is 5.69 Å². The first-order valence-electron chi connectivity index (χ1n) is 14.5. The molecule has 2 rings (SSSR count). The number of rotatable bonds is 21. The van der Waals surface area contributed by atoms with Crippen LogP contribution in [0.5, 0.6) is 0 Å².